The number of esters is 1. The van der Waals surface area contributed by atoms with Crippen LogP contribution in [0, 0.1) is 0 Å². The zero-order chi connectivity index (χ0) is 23.3. The van der Waals surface area contributed by atoms with E-state index in [0.717, 1.165) is 25.4 Å². The van der Waals surface area contributed by atoms with E-state index in [0.29, 0.717) is 0 Å². The standard InChI is InChI=1S/C14H16ClN5O9S2.Na.H/c1-6(21)29-4-8-11(13(24)20(8)31(25,26)27)18-12(23)10(19-28-2)7-5-30-14(16-7)17-9(22)3-15;;/h5,8,11H,3-4H2,1-2H3,(H,18,23)(H,16,17,22)(H,25,26,27);;/b19-10+;;. The minimum atomic E-state index is -4.95. The van der Waals surface area contributed by atoms with Crippen molar-refractivity contribution in [3.05, 3.63) is 11.1 Å². The van der Waals surface area contributed by atoms with Crippen LogP contribution in [0.3, 0.4) is 0 Å². The first-order valence-corrected chi connectivity index (χ1v) is 11.0. The third-order valence-electron chi connectivity index (χ3n) is 3.67. The molecule has 1 saturated heterocycles. The number of amides is 3. The van der Waals surface area contributed by atoms with Gasteiger partial charge in [-0.1, -0.05) is 5.16 Å². The topological polar surface area (TPSA) is 194 Å². The number of alkyl halides is 1. The van der Waals surface area contributed by atoms with Gasteiger partial charge in [0.2, 0.25) is 5.91 Å². The number of ether oxygens (including phenoxy) is 1. The molecule has 2 heterocycles. The Morgan fingerprint density at radius 1 is 1.41 bits per heavy atom. The number of aromatic nitrogens is 1. The third-order valence-corrected chi connectivity index (χ3v) is 5.62. The van der Waals surface area contributed by atoms with Gasteiger partial charge in [-0.05, 0) is 0 Å². The fourth-order valence-corrected chi connectivity index (χ4v) is 4.07. The van der Waals surface area contributed by atoms with Gasteiger partial charge >= 0.3 is 45.8 Å². The molecule has 2 unspecified atom stereocenters. The van der Waals surface area contributed by atoms with Gasteiger partial charge in [0.1, 0.15) is 37.4 Å². The van der Waals surface area contributed by atoms with Crippen molar-refractivity contribution < 1.29 is 41.7 Å². The molecule has 1 aromatic heterocycles. The van der Waals surface area contributed by atoms with Crippen molar-refractivity contribution in [1.29, 1.82) is 0 Å². The second-order valence-electron chi connectivity index (χ2n) is 5.78. The van der Waals surface area contributed by atoms with Gasteiger partial charge in [0.05, 0.1) is 0 Å². The summed E-state index contributed by atoms with van der Waals surface area (Å²) >= 11 is 6.35. The number of carbonyl (C=O) groups is 4. The molecule has 3 N–H and O–H groups in total. The van der Waals surface area contributed by atoms with E-state index in [-0.39, 0.29) is 50.6 Å². The molecule has 172 valence electrons. The number of anilines is 1. The number of halogens is 1. The van der Waals surface area contributed by atoms with Crippen molar-refractivity contribution in [2.45, 2.75) is 19.0 Å². The van der Waals surface area contributed by atoms with Gasteiger partial charge in [-0.15, -0.1) is 22.9 Å². The molecule has 3 amide bonds. The van der Waals surface area contributed by atoms with Gasteiger partial charge in [0.25, 0.3) is 11.8 Å². The van der Waals surface area contributed by atoms with E-state index < -0.39 is 58.4 Å². The molecule has 0 spiro atoms. The van der Waals surface area contributed by atoms with Gasteiger partial charge in [-0.25, -0.2) is 9.29 Å². The van der Waals surface area contributed by atoms with E-state index in [1.165, 1.54) is 5.38 Å². The van der Waals surface area contributed by atoms with E-state index in [1.807, 2.05) is 0 Å². The third kappa shape index (κ3) is 6.84. The van der Waals surface area contributed by atoms with Crippen LogP contribution in [0.2, 0.25) is 0 Å². The summed E-state index contributed by atoms with van der Waals surface area (Å²) in [7, 11) is -3.80. The van der Waals surface area contributed by atoms with E-state index in [4.69, 9.17) is 16.3 Å². The van der Waals surface area contributed by atoms with E-state index in [1.54, 1.807) is 0 Å². The Kier molecular flexibility index (Phi) is 10.5. The number of hydrogen-bond acceptors (Lipinski definition) is 11. The Labute approximate surface area is 212 Å². The molecule has 2 atom stereocenters. The number of thiazole rings is 1. The van der Waals surface area contributed by atoms with Crippen molar-refractivity contribution in [2.24, 2.45) is 5.16 Å². The van der Waals surface area contributed by atoms with Crippen molar-refractivity contribution >= 4 is 97.3 Å². The van der Waals surface area contributed by atoms with E-state index >= 15 is 0 Å². The number of oxime groups is 1. The molecule has 14 nitrogen and oxygen atoms in total. The number of rotatable bonds is 9. The van der Waals surface area contributed by atoms with Crippen molar-refractivity contribution in [1.82, 2.24) is 14.6 Å². The zero-order valence-corrected chi connectivity index (χ0v) is 18.3. The molecule has 1 aliphatic heterocycles. The van der Waals surface area contributed by atoms with Gasteiger partial charge < -0.3 is 20.2 Å². The van der Waals surface area contributed by atoms with E-state index in [9.17, 15) is 32.1 Å². The van der Waals surface area contributed by atoms with Crippen LogP contribution in [0.1, 0.15) is 12.6 Å². The van der Waals surface area contributed by atoms with Gasteiger partial charge in [0, 0.05) is 12.3 Å². The van der Waals surface area contributed by atoms with Crippen LogP contribution >= 0.6 is 22.9 Å². The summed E-state index contributed by atoms with van der Waals surface area (Å²) in [5.41, 5.74) is -0.418. The summed E-state index contributed by atoms with van der Waals surface area (Å²) in [4.78, 5) is 55.8. The van der Waals surface area contributed by atoms with Crippen LogP contribution in [0.4, 0.5) is 5.13 Å². The first kappa shape index (κ1) is 28.2. The van der Waals surface area contributed by atoms with Crippen molar-refractivity contribution in [3.63, 3.8) is 0 Å². The Hall–Kier alpha value is -1.82. The summed E-state index contributed by atoms with van der Waals surface area (Å²) < 4.78 is 36.8. The summed E-state index contributed by atoms with van der Waals surface area (Å²) in [5, 5.41) is 9.64. The maximum atomic E-state index is 12.7. The van der Waals surface area contributed by atoms with Gasteiger partial charge in [-0.3, -0.25) is 23.7 Å². The number of nitrogens with one attached hydrogen (secondary N) is 2. The quantitative estimate of drug-likeness (QED) is 0.0627. The second-order valence-corrected chi connectivity index (χ2v) is 8.19. The Bertz CT molecular complexity index is 1030. The molecule has 0 aromatic carbocycles. The molecule has 1 aromatic rings. The number of nitrogens with zero attached hydrogens (tertiary/aromatic N) is 3. The molecular weight excluding hydrogens is 505 g/mol. The number of hydrogen-bond donors (Lipinski definition) is 3. The molecule has 0 aliphatic carbocycles. The van der Waals surface area contributed by atoms with Crippen LogP contribution in [0.15, 0.2) is 10.5 Å². The molecule has 0 radical (unpaired) electrons. The van der Waals surface area contributed by atoms with E-state index in [2.05, 4.69) is 25.6 Å². The predicted octanol–water partition coefficient (Wildman–Crippen LogP) is -1.92. The molecule has 32 heavy (non-hydrogen) atoms. The normalized spacial score (nSPS) is 18.2. The summed E-state index contributed by atoms with van der Waals surface area (Å²) in [6, 6.07) is -2.84. The molecule has 0 bridgehead atoms. The average molecular weight is 522 g/mol. The Morgan fingerprint density at radius 2 is 2.06 bits per heavy atom. The first-order valence-electron chi connectivity index (χ1n) is 8.17. The second kappa shape index (κ2) is 11.9. The Balaban J connectivity index is 0.00000512. The van der Waals surface area contributed by atoms with Gasteiger partial charge in [0.15, 0.2) is 10.8 Å². The van der Waals surface area contributed by atoms with Crippen molar-refractivity contribution in [3.8, 4) is 0 Å². The molecule has 0 saturated carbocycles. The molecular formula is C14H17ClN5NaO9S2. The van der Waals surface area contributed by atoms with Crippen LogP contribution in [-0.2, 0) is 39.1 Å². The van der Waals surface area contributed by atoms with Gasteiger partial charge in [-0.2, -0.15) is 8.42 Å². The molecule has 18 heteroatoms. The zero-order valence-electron chi connectivity index (χ0n) is 15.9. The summed E-state index contributed by atoms with van der Waals surface area (Å²) in [5.74, 6) is -3.75. The fraction of sp³-hybridized carbons (Fsp3) is 0.429. The molecule has 1 aliphatic rings. The Morgan fingerprint density at radius 3 is 2.59 bits per heavy atom. The SMILES string of the molecule is CO/N=C(/C(=O)NC1C(=O)N(S(=O)(=O)O)C1COC(C)=O)c1csc(NC(=O)CCl)n1.[NaH]. The summed E-state index contributed by atoms with van der Waals surface area (Å²) in [6.45, 7) is 0.450. The number of β-lactam (4-membered cyclic amide) rings is 1. The van der Waals surface area contributed by atoms with Crippen LogP contribution in [-0.4, -0.2) is 113 Å². The van der Waals surface area contributed by atoms with Crippen LogP contribution in [0.25, 0.3) is 0 Å². The first-order chi connectivity index (χ1) is 14.5. The van der Waals surface area contributed by atoms with Crippen molar-refractivity contribution in [2.75, 3.05) is 24.9 Å². The number of carbonyl (C=O) groups excluding carboxylic acids is 4. The predicted molar refractivity (Wildman–Crippen MR) is 113 cm³/mol. The maximum absolute atomic E-state index is 12.7. The average Bonchev–Trinajstić information content (AvgIpc) is 3.13. The summed E-state index contributed by atoms with van der Waals surface area (Å²) in [6.07, 6.45) is 0. The van der Waals surface area contributed by atoms with Crippen LogP contribution in [0.5, 0.6) is 0 Å². The molecule has 2 rings (SSSR count). The minimum absolute atomic E-state index is 0. The monoisotopic (exact) mass is 521 g/mol. The van der Waals surface area contributed by atoms with Crippen LogP contribution < -0.4 is 10.6 Å². The fourth-order valence-electron chi connectivity index (χ4n) is 2.43. The molecule has 1 fully saturated rings.